The molecular weight excluding hydrogens is 264 g/mol. The molecule has 1 aliphatic heterocycles. The Balaban J connectivity index is 1.66. The fourth-order valence-corrected chi connectivity index (χ4v) is 3.76. The van der Waals surface area contributed by atoms with Crippen LogP contribution < -0.4 is 5.32 Å². The van der Waals surface area contributed by atoms with E-state index < -0.39 is 0 Å². The van der Waals surface area contributed by atoms with Gasteiger partial charge in [-0.3, -0.25) is 4.90 Å². The minimum absolute atomic E-state index is 0.100. The first kappa shape index (κ1) is 17.2. The molecule has 21 heavy (non-hydrogen) atoms. The fraction of sp³-hybridized carbons (Fsp3) is 1.00. The van der Waals surface area contributed by atoms with Crippen LogP contribution in [0.15, 0.2) is 0 Å². The molecule has 3 atom stereocenters. The summed E-state index contributed by atoms with van der Waals surface area (Å²) in [7, 11) is 0. The molecule has 1 saturated heterocycles. The highest BCUT2D eigenvalue weighted by Crippen LogP contribution is 2.29. The topological polar surface area (TPSA) is 44.7 Å². The lowest BCUT2D eigenvalue weighted by molar-refractivity contribution is -0.0559. The summed E-state index contributed by atoms with van der Waals surface area (Å²) >= 11 is 0. The van der Waals surface area contributed by atoms with Crippen LogP contribution in [0.25, 0.3) is 0 Å². The van der Waals surface area contributed by atoms with Crippen LogP contribution in [-0.4, -0.2) is 60.5 Å². The van der Waals surface area contributed by atoms with Crippen molar-refractivity contribution in [1.29, 1.82) is 0 Å². The lowest BCUT2D eigenvalue weighted by Gasteiger charge is -2.38. The molecule has 2 rings (SSSR count). The van der Waals surface area contributed by atoms with Crippen LogP contribution in [0.5, 0.6) is 0 Å². The Morgan fingerprint density at radius 3 is 2.95 bits per heavy atom. The first-order chi connectivity index (χ1) is 10.2. The number of hydrogen-bond donors (Lipinski definition) is 2. The van der Waals surface area contributed by atoms with Gasteiger partial charge in [-0.2, -0.15) is 0 Å². The van der Waals surface area contributed by atoms with Gasteiger partial charge in [0.05, 0.1) is 19.3 Å². The fourth-order valence-electron chi connectivity index (χ4n) is 3.76. The van der Waals surface area contributed by atoms with Crippen LogP contribution in [0.2, 0.25) is 0 Å². The summed E-state index contributed by atoms with van der Waals surface area (Å²) in [6.45, 7) is 8.74. The Labute approximate surface area is 130 Å². The van der Waals surface area contributed by atoms with E-state index in [4.69, 9.17) is 4.74 Å². The zero-order valence-electron chi connectivity index (χ0n) is 13.9. The summed E-state index contributed by atoms with van der Waals surface area (Å²) in [6.07, 6.45) is 8.99. The Morgan fingerprint density at radius 2 is 2.19 bits per heavy atom. The molecule has 4 heteroatoms. The van der Waals surface area contributed by atoms with Crippen LogP contribution in [0.1, 0.15) is 58.8 Å². The van der Waals surface area contributed by atoms with E-state index in [1.165, 1.54) is 38.6 Å². The zero-order chi connectivity index (χ0) is 15.1. The summed E-state index contributed by atoms with van der Waals surface area (Å²) < 4.78 is 5.87. The molecule has 3 unspecified atom stereocenters. The zero-order valence-corrected chi connectivity index (χ0v) is 13.9. The minimum atomic E-state index is -0.100. The molecule has 0 aromatic rings. The average Bonchev–Trinajstić information content (AvgIpc) is 2.99. The predicted octanol–water partition coefficient (Wildman–Crippen LogP) is 2.16. The maximum absolute atomic E-state index is 9.59. The van der Waals surface area contributed by atoms with Crippen LogP contribution in [-0.2, 0) is 4.74 Å². The first-order valence-electron chi connectivity index (χ1n) is 8.90. The summed E-state index contributed by atoms with van der Waals surface area (Å²) in [4.78, 5) is 2.65. The van der Waals surface area contributed by atoms with Crippen molar-refractivity contribution in [2.24, 2.45) is 0 Å². The van der Waals surface area contributed by atoms with E-state index in [0.717, 1.165) is 32.5 Å². The predicted molar refractivity (Wildman–Crippen MR) is 86.6 cm³/mol. The number of nitrogens with zero attached hydrogens (tertiary/aromatic N) is 1. The molecule has 0 spiro atoms. The Hall–Kier alpha value is -0.160. The van der Waals surface area contributed by atoms with Crippen LogP contribution >= 0.6 is 0 Å². The van der Waals surface area contributed by atoms with Crippen LogP contribution in [0.3, 0.4) is 0 Å². The van der Waals surface area contributed by atoms with Gasteiger partial charge < -0.3 is 15.2 Å². The van der Waals surface area contributed by atoms with Crippen molar-refractivity contribution >= 4 is 0 Å². The molecule has 2 N–H and O–H groups in total. The number of rotatable bonds is 9. The van der Waals surface area contributed by atoms with E-state index in [1.807, 2.05) is 0 Å². The molecule has 0 radical (unpaired) electrons. The van der Waals surface area contributed by atoms with E-state index in [-0.39, 0.29) is 12.1 Å². The standard InChI is InChI=1S/C17H34N2O2/c1-3-10-18-17(2,14-20)9-4-5-11-19-12-13-21-16-8-6-7-15(16)19/h15-16,18,20H,3-14H2,1-2H3. The molecule has 0 bridgehead atoms. The highest BCUT2D eigenvalue weighted by molar-refractivity contribution is 4.89. The molecule has 0 aromatic heterocycles. The number of hydrogen-bond acceptors (Lipinski definition) is 4. The van der Waals surface area contributed by atoms with Crippen LogP contribution in [0.4, 0.5) is 0 Å². The number of nitrogens with one attached hydrogen (secondary N) is 1. The van der Waals surface area contributed by atoms with Gasteiger partial charge in [0.15, 0.2) is 0 Å². The highest BCUT2D eigenvalue weighted by atomic mass is 16.5. The van der Waals surface area contributed by atoms with Gasteiger partial charge >= 0.3 is 0 Å². The second-order valence-electron chi connectivity index (χ2n) is 7.05. The van der Waals surface area contributed by atoms with Crippen molar-refractivity contribution in [2.45, 2.75) is 76.5 Å². The molecule has 0 amide bonds. The minimum Gasteiger partial charge on any atom is -0.394 e. The SMILES string of the molecule is CCCNC(C)(CO)CCCCN1CCOC2CCCC21. The van der Waals surface area contributed by atoms with Gasteiger partial charge in [0, 0.05) is 18.1 Å². The highest BCUT2D eigenvalue weighted by Gasteiger charge is 2.35. The van der Waals surface area contributed by atoms with E-state index in [0.29, 0.717) is 12.1 Å². The number of ether oxygens (including phenoxy) is 1. The van der Waals surface area contributed by atoms with Crippen molar-refractivity contribution < 1.29 is 9.84 Å². The smallest absolute Gasteiger partial charge is 0.0730 e. The third-order valence-corrected chi connectivity index (χ3v) is 5.17. The van der Waals surface area contributed by atoms with E-state index >= 15 is 0 Å². The second kappa shape index (κ2) is 8.47. The van der Waals surface area contributed by atoms with E-state index in [1.54, 1.807) is 0 Å². The molecule has 2 aliphatic rings. The van der Waals surface area contributed by atoms with Gasteiger partial charge in [-0.05, 0) is 58.5 Å². The maximum Gasteiger partial charge on any atom is 0.0730 e. The molecule has 1 aliphatic carbocycles. The first-order valence-corrected chi connectivity index (χ1v) is 8.90. The van der Waals surface area contributed by atoms with E-state index in [2.05, 4.69) is 24.1 Å². The number of unbranched alkanes of at least 4 members (excludes halogenated alkanes) is 1. The van der Waals surface area contributed by atoms with Crippen molar-refractivity contribution in [3.8, 4) is 0 Å². The van der Waals surface area contributed by atoms with Crippen LogP contribution in [0, 0.1) is 0 Å². The van der Waals surface area contributed by atoms with Gasteiger partial charge in [-0.1, -0.05) is 13.3 Å². The molecule has 2 fully saturated rings. The summed E-state index contributed by atoms with van der Waals surface area (Å²) in [5, 5.41) is 13.1. The average molecular weight is 298 g/mol. The Morgan fingerprint density at radius 1 is 1.33 bits per heavy atom. The Bertz CT molecular complexity index is 301. The van der Waals surface area contributed by atoms with Gasteiger partial charge in [0.25, 0.3) is 0 Å². The van der Waals surface area contributed by atoms with Gasteiger partial charge in [0.2, 0.25) is 0 Å². The second-order valence-corrected chi connectivity index (χ2v) is 7.05. The monoisotopic (exact) mass is 298 g/mol. The Kier molecular flexibility index (Phi) is 6.93. The van der Waals surface area contributed by atoms with Gasteiger partial charge in [-0.25, -0.2) is 0 Å². The maximum atomic E-state index is 9.59. The van der Waals surface area contributed by atoms with Gasteiger partial charge in [-0.15, -0.1) is 0 Å². The molecular formula is C17H34N2O2. The summed E-state index contributed by atoms with van der Waals surface area (Å²) in [6, 6.07) is 0.682. The molecule has 1 saturated carbocycles. The molecule has 124 valence electrons. The number of fused-ring (bicyclic) bond motifs is 1. The third-order valence-electron chi connectivity index (χ3n) is 5.17. The molecule has 4 nitrogen and oxygen atoms in total. The van der Waals surface area contributed by atoms with Crippen molar-refractivity contribution in [1.82, 2.24) is 10.2 Å². The molecule has 0 aromatic carbocycles. The number of aliphatic hydroxyl groups excluding tert-OH is 1. The number of aliphatic hydroxyl groups is 1. The number of morpholine rings is 1. The summed E-state index contributed by atoms with van der Waals surface area (Å²) in [5.41, 5.74) is -0.100. The van der Waals surface area contributed by atoms with Crippen molar-refractivity contribution in [3.63, 3.8) is 0 Å². The van der Waals surface area contributed by atoms with Gasteiger partial charge in [0.1, 0.15) is 0 Å². The normalized spacial score (nSPS) is 29.3. The quantitative estimate of drug-likeness (QED) is 0.640. The molecule has 1 heterocycles. The lowest BCUT2D eigenvalue weighted by Crippen LogP contribution is -2.49. The van der Waals surface area contributed by atoms with E-state index in [9.17, 15) is 5.11 Å². The third kappa shape index (κ3) is 4.92. The largest absolute Gasteiger partial charge is 0.394 e. The lowest BCUT2D eigenvalue weighted by atomic mass is 9.95. The van der Waals surface area contributed by atoms with Crippen molar-refractivity contribution in [2.75, 3.05) is 32.8 Å². The van der Waals surface area contributed by atoms with Crippen molar-refractivity contribution in [3.05, 3.63) is 0 Å². The summed E-state index contributed by atoms with van der Waals surface area (Å²) in [5.74, 6) is 0.